The van der Waals surface area contributed by atoms with Gasteiger partial charge in [0.15, 0.2) is 0 Å². The molecule has 38 heavy (non-hydrogen) atoms. The van der Waals surface area contributed by atoms with Crippen molar-refractivity contribution >= 4 is 102 Å². The fourth-order valence-electron chi connectivity index (χ4n) is 5.66. The minimum Gasteiger partial charge on any atom is -0.310 e. The molecule has 0 radical (unpaired) electrons. The molecule has 8 aromatic rings. The second kappa shape index (κ2) is 8.57. The maximum absolute atomic E-state index is 6.76. The second-order valence-electron chi connectivity index (χ2n) is 9.48. The fourth-order valence-corrected chi connectivity index (χ4v) is 8.26. The monoisotopic (exact) mass is 541 g/mol. The summed E-state index contributed by atoms with van der Waals surface area (Å²) in [5, 5.41) is 8.23. The fraction of sp³-hybridized carbons (Fsp3) is 0. The van der Waals surface area contributed by atoms with E-state index in [0.29, 0.717) is 0 Å². The van der Waals surface area contributed by atoms with Crippen molar-refractivity contribution in [3.05, 3.63) is 126 Å². The first kappa shape index (κ1) is 22.1. The summed E-state index contributed by atoms with van der Waals surface area (Å²) in [6.45, 7) is 0. The van der Waals surface area contributed by atoms with Gasteiger partial charge in [0.25, 0.3) is 0 Å². The number of rotatable bonds is 3. The molecule has 4 heteroatoms. The standard InChI is InChI=1S/C34H20ClNS2/c35-27-14-8-16-31-34(27)33-25-13-5-4-11-23(25)28(20-32(33)38-31)36(21-9-2-1-3-10-21)22-17-18-30-26(19-22)24-12-6-7-15-29(24)37-30/h1-20H. The van der Waals surface area contributed by atoms with E-state index in [0.717, 1.165) is 21.8 Å². The predicted molar refractivity (Wildman–Crippen MR) is 169 cm³/mol. The molecule has 0 aliphatic rings. The number of halogens is 1. The van der Waals surface area contributed by atoms with Crippen LogP contribution in [0.15, 0.2) is 121 Å². The van der Waals surface area contributed by atoms with Crippen molar-refractivity contribution in [2.75, 3.05) is 4.90 Å². The maximum Gasteiger partial charge on any atom is 0.0554 e. The third-order valence-corrected chi connectivity index (χ3v) is 9.87. The number of para-hydroxylation sites is 1. The molecule has 180 valence electrons. The summed E-state index contributed by atoms with van der Waals surface area (Å²) in [5.74, 6) is 0. The lowest BCUT2D eigenvalue weighted by Crippen LogP contribution is -2.10. The number of anilines is 3. The predicted octanol–water partition coefficient (Wildman–Crippen LogP) is 11.7. The molecule has 0 amide bonds. The van der Waals surface area contributed by atoms with Crippen molar-refractivity contribution < 1.29 is 0 Å². The first-order chi connectivity index (χ1) is 18.8. The van der Waals surface area contributed by atoms with Gasteiger partial charge in [-0.25, -0.2) is 0 Å². The molecule has 0 saturated carbocycles. The molecule has 0 saturated heterocycles. The van der Waals surface area contributed by atoms with Gasteiger partial charge in [-0.15, -0.1) is 22.7 Å². The molecule has 0 unspecified atom stereocenters. The summed E-state index contributed by atoms with van der Waals surface area (Å²) in [4.78, 5) is 2.40. The Morgan fingerprint density at radius 2 is 1.13 bits per heavy atom. The van der Waals surface area contributed by atoms with Crippen molar-refractivity contribution in [3.63, 3.8) is 0 Å². The average molecular weight is 542 g/mol. The molecule has 0 atom stereocenters. The molecule has 0 bridgehead atoms. The van der Waals surface area contributed by atoms with Crippen molar-refractivity contribution in [1.29, 1.82) is 0 Å². The van der Waals surface area contributed by atoms with Crippen molar-refractivity contribution in [2.24, 2.45) is 0 Å². The molecule has 0 N–H and O–H groups in total. The molecular weight excluding hydrogens is 522 g/mol. The third kappa shape index (κ3) is 3.30. The lowest BCUT2D eigenvalue weighted by Gasteiger charge is -2.27. The molecule has 6 aromatic carbocycles. The molecule has 2 aromatic heterocycles. The highest BCUT2D eigenvalue weighted by atomic mass is 35.5. The zero-order valence-electron chi connectivity index (χ0n) is 20.2. The topological polar surface area (TPSA) is 3.24 Å². The van der Waals surface area contributed by atoms with E-state index in [9.17, 15) is 0 Å². The van der Waals surface area contributed by atoms with Gasteiger partial charge < -0.3 is 4.90 Å². The SMILES string of the molecule is Clc1cccc2sc3cc(N(c4ccccc4)c4ccc5sc6ccccc6c5c4)c4ccccc4c3c12. The van der Waals surface area contributed by atoms with Crippen LogP contribution in [0.2, 0.25) is 5.02 Å². The first-order valence-electron chi connectivity index (χ1n) is 12.6. The minimum atomic E-state index is 0.807. The van der Waals surface area contributed by atoms with Gasteiger partial charge >= 0.3 is 0 Å². The summed E-state index contributed by atoms with van der Waals surface area (Å²) in [6.07, 6.45) is 0. The Bertz CT molecular complexity index is 2160. The Labute approximate surface area is 232 Å². The van der Waals surface area contributed by atoms with Crippen LogP contribution in [0.5, 0.6) is 0 Å². The van der Waals surface area contributed by atoms with Gasteiger partial charge in [0.2, 0.25) is 0 Å². The smallest absolute Gasteiger partial charge is 0.0554 e. The van der Waals surface area contributed by atoms with Gasteiger partial charge in [0.05, 0.1) is 5.69 Å². The van der Waals surface area contributed by atoms with Crippen molar-refractivity contribution in [2.45, 2.75) is 0 Å². The summed E-state index contributed by atoms with van der Waals surface area (Å²) < 4.78 is 5.08. The number of thiophene rings is 2. The van der Waals surface area contributed by atoms with E-state index in [2.05, 4.69) is 114 Å². The van der Waals surface area contributed by atoms with Gasteiger partial charge in [-0.05, 0) is 60.0 Å². The van der Waals surface area contributed by atoms with Gasteiger partial charge in [-0.2, -0.15) is 0 Å². The minimum absolute atomic E-state index is 0.807. The van der Waals surface area contributed by atoms with Crippen molar-refractivity contribution in [3.8, 4) is 0 Å². The number of nitrogens with zero attached hydrogens (tertiary/aromatic N) is 1. The van der Waals surface area contributed by atoms with Gasteiger partial charge in [0.1, 0.15) is 0 Å². The molecule has 0 fully saturated rings. The van der Waals surface area contributed by atoms with Crippen LogP contribution >= 0.6 is 34.3 Å². The molecule has 0 aliphatic carbocycles. The Kier molecular flexibility index (Phi) is 4.99. The highest BCUT2D eigenvalue weighted by molar-refractivity contribution is 7.26. The maximum atomic E-state index is 6.76. The largest absolute Gasteiger partial charge is 0.310 e. The van der Waals surface area contributed by atoms with Crippen LogP contribution in [-0.2, 0) is 0 Å². The summed E-state index contributed by atoms with van der Waals surface area (Å²) in [6, 6.07) is 43.5. The van der Waals surface area contributed by atoms with Gasteiger partial charge in [-0.3, -0.25) is 0 Å². The molecule has 0 aliphatic heterocycles. The quantitative estimate of drug-likeness (QED) is 0.215. The zero-order chi connectivity index (χ0) is 25.2. The zero-order valence-corrected chi connectivity index (χ0v) is 22.6. The number of hydrogen-bond acceptors (Lipinski definition) is 3. The van der Waals surface area contributed by atoms with E-state index in [-0.39, 0.29) is 0 Å². The van der Waals surface area contributed by atoms with Crippen LogP contribution < -0.4 is 4.90 Å². The Hall–Kier alpha value is -3.89. The molecule has 1 nitrogen and oxygen atoms in total. The Morgan fingerprint density at radius 1 is 0.447 bits per heavy atom. The van der Waals surface area contributed by atoms with Crippen molar-refractivity contribution in [1.82, 2.24) is 0 Å². The first-order valence-corrected chi connectivity index (χ1v) is 14.6. The van der Waals surface area contributed by atoms with E-state index < -0.39 is 0 Å². The van der Waals surface area contributed by atoms with Crippen LogP contribution in [0.4, 0.5) is 17.1 Å². The molecule has 2 heterocycles. The van der Waals surface area contributed by atoms with Crippen LogP contribution in [0, 0.1) is 0 Å². The number of benzene rings is 6. The lowest BCUT2D eigenvalue weighted by molar-refractivity contribution is 1.31. The van der Waals surface area contributed by atoms with E-state index in [4.69, 9.17) is 11.6 Å². The highest BCUT2D eigenvalue weighted by Crippen LogP contribution is 2.48. The van der Waals surface area contributed by atoms with Gasteiger partial charge in [0, 0.05) is 62.1 Å². The van der Waals surface area contributed by atoms with E-state index in [1.165, 1.54) is 51.4 Å². The number of hydrogen-bond donors (Lipinski definition) is 0. The normalized spacial score (nSPS) is 11.8. The Morgan fingerprint density at radius 3 is 2.00 bits per heavy atom. The van der Waals surface area contributed by atoms with Crippen LogP contribution in [0.25, 0.3) is 51.1 Å². The molecule has 8 rings (SSSR count). The van der Waals surface area contributed by atoms with Crippen LogP contribution in [-0.4, -0.2) is 0 Å². The van der Waals surface area contributed by atoms with Crippen LogP contribution in [0.3, 0.4) is 0 Å². The summed E-state index contributed by atoms with van der Waals surface area (Å²) in [5.41, 5.74) is 3.45. The van der Waals surface area contributed by atoms with Gasteiger partial charge in [-0.1, -0.05) is 78.3 Å². The average Bonchev–Trinajstić information content (AvgIpc) is 3.53. The molecule has 0 spiro atoms. The highest BCUT2D eigenvalue weighted by Gasteiger charge is 2.20. The Balaban J connectivity index is 1.47. The molecular formula is C34H20ClNS2. The van der Waals surface area contributed by atoms with E-state index in [1.807, 2.05) is 34.8 Å². The second-order valence-corrected chi connectivity index (χ2v) is 12.1. The summed E-state index contributed by atoms with van der Waals surface area (Å²) >= 11 is 10.4. The summed E-state index contributed by atoms with van der Waals surface area (Å²) in [7, 11) is 0. The van der Waals surface area contributed by atoms with E-state index in [1.54, 1.807) is 0 Å². The third-order valence-electron chi connectivity index (χ3n) is 7.31. The van der Waals surface area contributed by atoms with Crippen LogP contribution in [0.1, 0.15) is 0 Å². The lowest BCUT2D eigenvalue weighted by atomic mass is 10.0. The number of fused-ring (bicyclic) bond motifs is 8. The van der Waals surface area contributed by atoms with E-state index >= 15 is 0 Å².